The molecule has 0 spiro atoms. The highest BCUT2D eigenvalue weighted by atomic mass is 35.5. The summed E-state index contributed by atoms with van der Waals surface area (Å²) in [4.78, 5) is 18.4. The molecule has 8 heteroatoms. The Bertz CT molecular complexity index is 791. The third kappa shape index (κ3) is 3.57. The largest absolute Gasteiger partial charge is 0.333 e. The SMILES string of the molecule is CN(C(=O)Cn1cnnn1)C(c1ccc(Cl)cc1)c1cccnc1. The Labute approximate surface area is 143 Å². The van der Waals surface area contributed by atoms with E-state index in [4.69, 9.17) is 11.6 Å². The summed E-state index contributed by atoms with van der Waals surface area (Å²) in [5.74, 6) is -0.119. The molecule has 24 heavy (non-hydrogen) atoms. The van der Waals surface area contributed by atoms with E-state index in [0.717, 1.165) is 11.1 Å². The number of likely N-dealkylation sites (N-methyl/N-ethyl adjacent to an activating group) is 1. The van der Waals surface area contributed by atoms with E-state index in [-0.39, 0.29) is 18.5 Å². The normalized spacial score (nSPS) is 11.9. The Balaban J connectivity index is 1.91. The van der Waals surface area contributed by atoms with Gasteiger partial charge in [-0.2, -0.15) is 0 Å². The second-order valence-corrected chi connectivity index (χ2v) is 5.69. The first-order valence-corrected chi connectivity index (χ1v) is 7.65. The van der Waals surface area contributed by atoms with Crippen LogP contribution in [0.4, 0.5) is 0 Å². The Kier molecular flexibility index (Phi) is 4.81. The Morgan fingerprint density at radius 1 is 1.25 bits per heavy atom. The summed E-state index contributed by atoms with van der Waals surface area (Å²) in [6, 6.07) is 10.9. The summed E-state index contributed by atoms with van der Waals surface area (Å²) in [5.41, 5.74) is 1.85. The van der Waals surface area contributed by atoms with Gasteiger partial charge in [-0.05, 0) is 39.8 Å². The maximum absolute atomic E-state index is 12.6. The number of pyridine rings is 1. The van der Waals surface area contributed by atoms with Gasteiger partial charge in [0, 0.05) is 24.5 Å². The Hall–Kier alpha value is -2.80. The van der Waals surface area contributed by atoms with Crippen molar-refractivity contribution in [2.45, 2.75) is 12.6 Å². The minimum atomic E-state index is -0.278. The molecule has 3 rings (SSSR count). The van der Waals surface area contributed by atoms with E-state index >= 15 is 0 Å². The molecule has 0 saturated heterocycles. The summed E-state index contributed by atoms with van der Waals surface area (Å²) in [5, 5.41) is 11.5. The van der Waals surface area contributed by atoms with Gasteiger partial charge < -0.3 is 4.90 Å². The van der Waals surface area contributed by atoms with Gasteiger partial charge in [-0.15, -0.1) is 5.10 Å². The molecule has 7 nitrogen and oxygen atoms in total. The number of tetrazole rings is 1. The maximum Gasteiger partial charge on any atom is 0.244 e. The molecule has 1 unspecified atom stereocenters. The maximum atomic E-state index is 12.6. The molecule has 1 atom stereocenters. The van der Waals surface area contributed by atoms with Gasteiger partial charge in [-0.25, -0.2) is 4.68 Å². The quantitative estimate of drug-likeness (QED) is 0.708. The number of amides is 1. The van der Waals surface area contributed by atoms with E-state index < -0.39 is 0 Å². The second kappa shape index (κ2) is 7.18. The van der Waals surface area contributed by atoms with Crippen LogP contribution in [0.2, 0.25) is 5.02 Å². The van der Waals surface area contributed by atoms with E-state index in [1.165, 1.54) is 11.0 Å². The molecule has 122 valence electrons. The molecule has 2 heterocycles. The van der Waals surface area contributed by atoms with Crippen molar-refractivity contribution in [3.8, 4) is 0 Å². The van der Waals surface area contributed by atoms with Crippen LogP contribution in [-0.2, 0) is 11.3 Å². The zero-order valence-electron chi connectivity index (χ0n) is 13.0. The lowest BCUT2D eigenvalue weighted by Crippen LogP contribution is -2.34. The van der Waals surface area contributed by atoms with E-state index in [9.17, 15) is 4.79 Å². The number of hydrogen-bond acceptors (Lipinski definition) is 5. The molecule has 0 bridgehead atoms. The van der Waals surface area contributed by atoms with Gasteiger partial charge in [-0.3, -0.25) is 9.78 Å². The molecule has 1 amide bonds. The smallest absolute Gasteiger partial charge is 0.244 e. The molecule has 0 radical (unpaired) electrons. The molecule has 2 aromatic heterocycles. The fourth-order valence-corrected chi connectivity index (χ4v) is 2.60. The van der Waals surface area contributed by atoms with Crippen LogP contribution in [0.5, 0.6) is 0 Å². The fraction of sp³-hybridized carbons (Fsp3) is 0.188. The van der Waals surface area contributed by atoms with Crippen molar-refractivity contribution in [2.24, 2.45) is 0 Å². The van der Waals surface area contributed by atoms with Crippen LogP contribution in [0.15, 0.2) is 55.1 Å². The number of rotatable bonds is 5. The predicted molar refractivity (Wildman–Crippen MR) is 88.1 cm³/mol. The van der Waals surface area contributed by atoms with Crippen molar-refractivity contribution in [1.82, 2.24) is 30.1 Å². The summed E-state index contributed by atoms with van der Waals surface area (Å²) in [6.45, 7) is 0.0633. The van der Waals surface area contributed by atoms with Gasteiger partial charge in [0.2, 0.25) is 5.91 Å². The number of hydrogen-bond donors (Lipinski definition) is 0. The van der Waals surface area contributed by atoms with Crippen molar-refractivity contribution in [2.75, 3.05) is 7.05 Å². The number of aromatic nitrogens is 5. The van der Waals surface area contributed by atoms with Gasteiger partial charge in [-0.1, -0.05) is 29.8 Å². The third-order valence-corrected chi connectivity index (χ3v) is 3.91. The zero-order chi connectivity index (χ0) is 16.9. The lowest BCUT2D eigenvalue weighted by molar-refractivity contribution is -0.132. The lowest BCUT2D eigenvalue weighted by Gasteiger charge is -2.29. The molecule has 3 aromatic rings. The van der Waals surface area contributed by atoms with Crippen LogP contribution >= 0.6 is 11.6 Å². The Morgan fingerprint density at radius 2 is 2.04 bits per heavy atom. The Morgan fingerprint density at radius 3 is 2.67 bits per heavy atom. The van der Waals surface area contributed by atoms with Crippen molar-refractivity contribution in [3.63, 3.8) is 0 Å². The minimum absolute atomic E-state index is 0.0633. The van der Waals surface area contributed by atoms with Crippen LogP contribution in [-0.4, -0.2) is 43.0 Å². The highest BCUT2D eigenvalue weighted by molar-refractivity contribution is 6.30. The monoisotopic (exact) mass is 342 g/mol. The first kappa shape index (κ1) is 16.1. The fourth-order valence-electron chi connectivity index (χ4n) is 2.47. The van der Waals surface area contributed by atoms with E-state index in [1.807, 2.05) is 24.3 Å². The minimum Gasteiger partial charge on any atom is -0.333 e. The van der Waals surface area contributed by atoms with E-state index in [0.29, 0.717) is 5.02 Å². The van der Waals surface area contributed by atoms with Crippen LogP contribution in [0, 0.1) is 0 Å². The third-order valence-electron chi connectivity index (χ3n) is 3.66. The van der Waals surface area contributed by atoms with Crippen molar-refractivity contribution >= 4 is 17.5 Å². The topological polar surface area (TPSA) is 76.8 Å². The van der Waals surface area contributed by atoms with Gasteiger partial charge in [0.15, 0.2) is 0 Å². The summed E-state index contributed by atoms with van der Waals surface area (Å²) in [6.07, 6.45) is 4.86. The van der Waals surface area contributed by atoms with Crippen LogP contribution in [0.1, 0.15) is 17.2 Å². The van der Waals surface area contributed by atoms with Gasteiger partial charge in [0.1, 0.15) is 12.9 Å². The number of halogens is 1. The molecule has 1 aromatic carbocycles. The van der Waals surface area contributed by atoms with Crippen LogP contribution in [0.3, 0.4) is 0 Å². The summed E-state index contributed by atoms with van der Waals surface area (Å²) >= 11 is 5.98. The molecule has 0 aliphatic heterocycles. The number of nitrogens with zero attached hydrogens (tertiary/aromatic N) is 6. The molecular formula is C16H15ClN6O. The number of carbonyl (C=O) groups is 1. The van der Waals surface area contributed by atoms with Crippen LogP contribution < -0.4 is 0 Å². The molecular weight excluding hydrogens is 328 g/mol. The highest BCUT2D eigenvalue weighted by Gasteiger charge is 2.24. The van der Waals surface area contributed by atoms with Crippen LogP contribution in [0.25, 0.3) is 0 Å². The number of carbonyl (C=O) groups excluding carboxylic acids is 1. The molecule has 0 aliphatic rings. The van der Waals surface area contributed by atoms with E-state index in [2.05, 4.69) is 20.5 Å². The first-order chi connectivity index (χ1) is 11.6. The molecule has 0 fully saturated rings. The van der Waals surface area contributed by atoms with Gasteiger partial charge in [0.05, 0.1) is 6.04 Å². The molecule has 0 saturated carbocycles. The predicted octanol–water partition coefficient (Wildman–Crippen LogP) is 1.97. The average Bonchev–Trinajstić information content (AvgIpc) is 3.10. The summed E-state index contributed by atoms with van der Waals surface area (Å²) < 4.78 is 1.39. The zero-order valence-corrected chi connectivity index (χ0v) is 13.7. The highest BCUT2D eigenvalue weighted by Crippen LogP contribution is 2.28. The summed E-state index contributed by atoms with van der Waals surface area (Å²) in [7, 11) is 1.75. The van der Waals surface area contributed by atoms with E-state index in [1.54, 1.807) is 36.5 Å². The lowest BCUT2D eigenvalue weighted by atomic mass is 9.99. The van der Waals surface area contributed by atoms with Gasteiger partial charge in [0.25, 0.3) is 0 Å². The second-order valence-electron chi connectivity index (χ2n) is 5.25. The molecule has 0 aliphatic carbocycles. The van der Waals surface area contributed by atoms with Gasteiger partial charge >= 0.3 is 0 Å². The standard InChI is InChI=1S/C16H15ClN6O/c1-22(15(24)10-23-11-19-20-21-23)16(13-3-2-8-18-9-13)12-4-6-14(17)7-5-12/h2-9,11,16H,10H2,1H3. The van der Waals surface area contributed by atoms with Crippen molar-refractivity contribution in [1.29, 1.82) is 0 Å². The first-order valence-electron chi connectivity index (χ1n) is 7.27. The van der Waals surface area contributed by atoms with Crippen molar-refractivity contribution < 1.29 is 4.79 Å². The molecule has 0 N–H and O–H groups in total. The average molecular weight is 343 g/mol. The number of benzene rings is 1. The van der Waals surface area contributed by atoms with Crippen molar-refractivity contribution in [3.05, 3.63) is 71.3 Å².